The third-order valence-electron chi connectivity index (χ3n) is 9.51. The zero-order valence-electron chi connectivity index (χ0n) is 29.5. The highest BCUT2D eigenvalue weighted by Crippen LogP contribution is 2.44. The SMILES string of the molecule is CN(C[C@]1(C)CCC(c2ccc(Cl)cc2)=C(CN2CCN(c3ccc(C(=O)O)c(Oc4cnc5[nH]ccc5c4)c3)CC2)C1)C(=O)OC(C)(C)C. The number of H-pyrrole nitrogens is 1. The van der Waals surface area contributed by atoms with Gasteiger partial charge in [-0.3, -0.25) is 4.90 Å². The number of fused-ring (bicyclic) bond motifs is 1. The van der Waals surface area contributed by atoms with E-state index in [0.29, 0.717) is 12.3 Å². The third-order valence-corrected chi connectivity index (χ3v) is 9.76. The molecule has 4 aromatic rings. The lowest BCUT2D eigenvalue weighted by molar-refractivity contribution is 0.0216. The van der Waals surface area contributed by atoms with Crippen LogP contribution in [0.2, 0.25) is 5.02 Å². The number of allylic oxidation sites excluding steroid dienone is 1. The molecule has 1 fully saturated rings. The second-order valence-corrected chi connectivity index (χ2v) is 15.3. The average molecular weight is 700 g/mol. The number of anilines is 1. The highest BCUT2D eigenvalue weighted by atomic mass is 35.5. The van der Waals surface area contributed by atoms with Crippen molar-refractivity contribution in [3.63, 3.8) is 0 Å². The molecule has 1 amide bonds. The monoisotopic (exact) mass is 699 g/mol. The predicted octanol–water partition coefficient (Wildman–Crippen LogP) is 8.34. The lowest BCUT2D eigenvalue weighted by Crippen LogP contribution is -2.47. The molecule has 2 aliphatic rings. The molecule has 1 atom stereocenters. The fraction of sp³-hybridized carbons (Fsp3) is 0.410. The summed E-state index contributed by atoms with van der Waals surface area (Å²) in [6, 6.07) is 17.1. The molecule has 10 nitrogen and oxygen atoms in total. The summed E-state index contributed by atoms with van der Waals surface area (Å²) in [5, 5.41) is 11.5. The first-order valence-electron chi connectivity index (χ1n) is 17.1. The van der Waals surface area contributed by atoms with Crippen LogP contribution >= 0.6 is 11.6 Å². The molecule has 11 heteroatoms. The Morgan fingerprint density at radius 1 is 1.06 bits per heavy atom. The first-order chi connectivity index (χ1) is 23.7. The minimum absolute atomic E-state index is 0.0951. The number of hydrogen-bond acceptors (Lipinski definition) is 7. The molecule has 0 saturated carbocycles. The van der Waals surface area contributed by atoms with E-state index in [1.807, 2.05) is 64.2 Å². The Kier molecular flexibility index (Phi) is 10.1. The standard InChI is InChI=1S/C39H46ClN5O5/c1-38(2,3)50-37(48)43(5)25-39(4)14-12-32(26-6-8-29(40)9-7-26)28(22-39)24-44-16-18-45(19-17-44)30-10-11-33(36(46)47)34(21-30)49-31-20-27-13-15-41-35(27)42-23-31/h6-11,13,15,20-21,23H,12,14,16-19,22,24-25H2,1-5H3,(H,41,42)(H,46,47)/t39-/m1/s1. The van der Waals surface area contributed by atoms with Crippen molar-refractivity contribution < 1.29 is 24.2 Å². The first kappa shape index (κ1) is 35.3. The van der Waals surface area contributed by atoms with Gasteiger partial charge in [0.05, 0.1) is 6.20 Å². The summed E-state index contributed by atoms with van der Waals surface area (Å²) in [6.07, 6.45) is 5.85. The van der Waals surface area contributed by atoms with Crippen molar-refractivity contribution in [1.82, 2.24) is 19.8 Å². The Balaban J connectivity index is 1.16. The van der Waals surface area contributed by atoms with Crippen LogP contribution in [0, 0.1) is 5.41 Å². The van der Waals surface area contributed by atoms with E-state index in [-0.39, 0.29) is 22.8 Å². The predicted molar refractivity (Wildman–Crippen MR) is 197 cm³/mol. The smallest absolute Gasteiger partial charge is 0.410 e. The molecule has 2 aromatic carbocycles. The van der Waals surface area contributed by atoms with E-state index >= 15 is 0 Å². The Morgan fingerprint density at radius 3 is 2.50 bits per heavy atom. The van der Waals surface area contributed by atoms with Crippen LogP contribution in [0.1, 0.15) is 62.9 Å². The Hall–Kier alpha value is -4.54. The van der Waals surface area contributed by atoms with Crippen LogP contribution in [-0.2, 0) is 4.74 Å². The largest absolute Gasteiger partial charge is 0.478 e. The van der Waals surface area contributed by atoms with Crippen molar-refractivity contribution >= 4 is 46.0 Å². The molecule has 0 unspecified atom stereocenters. The van der Waals surface area contributed by atoms with Gasteiger partial charge >= 0.3 is 12.1 Å². The van der Waals surface area contributed by atoms with Crippen LogP contribution in [0.5, 0.6) is 11.5 Å². The normalized spacial score (nSPS) is 18.7. The number of halogens is 1. The number of carboxylic acid groups (broad SMARTS) is 1. The van der Waals surface area contributed by atoms with Gasteiger partial charge < -0.3 is 29.4 Å². The van der Waals surface area contributed by atoms with Gasteiger partial charge in [-0.1, -0.05) is 36.2 Å². The zero-order chi connectivity index (χ0) is 35.6. The number of nitrogens with one attached hydrogen (secondary N) is 1. The van der Waals surface area contributed by atoms with Crippen molar-refractivity contribution in [2.45, 2.75) is 52.6 Å². The number of ether oxygens (including phenoxy) is 2. The number of carboxylic acids is 1. The van der Waals surface area contributed by atoms with Crippen LogP contribution in [0.25, 0.3) is 16.6 Å². The molecule has 2 aromatic heterocycles. The summed E-state index contributed by atoms with van der Waals surface area (Å²) in [4.78, 5) is 38.9. The van der Waals surface area contributed by atoms with E-state index in [9.17, 15) is 14.7 Å². The molecule has 2 N–H and O–H groups in total. The second-order valence-electron chi connectivity index (χ2n) is 14.9. The van der Waals surface area contributed by atoms with Crippen molar-refractivity contribution in [3.8, 4) is 11.5 Å². The van der Waals surface area contributed by atoms with Crippen LogP contribution in [-0.4, -0.2) is 88.9 Å². The van der Waals surface area contributed by atoms with Crippen LogP contribution < -0.4 is 9.64 Å². The Bertz CT molecular complexity index is 1890. The molecule has 1 aliphatic heterocycles. The van der Waals surface area contributed by atoms with Crippen molar-refractivity contribution in [2.24, 2.45) is 5.41 Å². The van der Waals surface area contributed by atoms with Gasteiger partial charge in [-0.25, -0.2) is 14.6 Å². The number of rotatable bonds is 9. The molecule has 3 heterocycles. The van der Waals surface area contributed by atoms with Gasteiger partial charge in [0.25, 0.3) is 0 Å². The number of pyridine rings is 1. The number of carbonyl (C=O) groups is 2. The fourth-order valence-corrected chi connectivity index (χ4v) is 7.21. The molecule has 50 heavy (non-hydrogen) atoms. The third kappa shape index (κ3) is 8.42. The lowest BCUT2D eigenvalue weighted by atomic mass is 9.71. The summed E-state index contributed by atoms with van der Waals surface area (Å²) in [5.41, 5.74) is 5.06. The maximum atomic E-state index is 12.9. The van der Waals surface area contributed by atoms with Gasteiger partial charge in [0.1, 0.15) is 28.3 Å². The first-order valence-corrected chi connectivity index (χ1v) is 17.5. The zero-order valence-corrected chi connectivity index (χ0v) is 30.2. The number of hydrogen-bond donors (Lipinski definition) is 2. The summed E-state index contributed by atoms with van der Waals surface area (Å²) in [6.45, 7) is 12.6. The summed E-state index contributed by atoms with van der Waals surface area (Å²) >= 11 is 6.26. The minimum Gasteiger partial charge on any atom is -0.478 e. The molecule has 1 saturated heterocycles. The number of aromatic amines is 1. The number of aromatic nitrogens is 2. The van der Waals surface area contributed by atoms with E-state index in [1.54, 1.807) is 23.4 Å². The van der Waals surface area contributed by atoms with E-state index in [2.05, 4.69) is 38.8 Å². The number of carbonyl (C=O) groups excluding carboxylic acids is 1. The van der Waals surface area contributed by atoms with Gasteiger partial charge in [-0.2, -0.15) is 0 Å². The molecular formula is C39H46ClN5O5. The van der Waals surface area contributed by atoms with Gasteiger partial charge in [0.15, 0.2) is 0 Å². The van der Waals surface area contributed by atoms with E-state index in [1.165, 1.54) is 16.7 Å². The Labute approximate surface area is 298 Å². The molecule has 6 rings (SSSR count). The van der Waals surface area contributed by atoms with Gasteiger partial charge in [0, 0.05) is 74.7 Å². The minimum atomic E-state index is -1.05. The second kappa shape index (κ2) is 14.4. The maximum absolute atomic E-state index is 12.9. The number of benzene rings is 2. The van der Waals surface area contributed by atoms with Crippen molar-refractivity contribution in [2.75, 3.05) is 51.2 Å². The van der Waals surface area contributed by atoms with Crippen LogP contribution in [0.15, 0.2) is 72.6 Å². The summed E-state index contributed by atoms with van der Waals surface area (Å²) < 4.78 is 11.8. The van der Waals surface area contributed by atoms with Gasteiger partial charge in [-0.05, 0) is 93.0 Å². The number of aromatic carboxylic acids is 1. The highest BCUT2D eigenvalue weighted by Gasteiger charge is 2.35. The van der Waals surface area contributed by atoms with E-state index < -0.39 is 11.6 Å². The summed E-state index contributed by atoms with van der Waals surface area (Å²) in [5.74, 6) is -0.290. The molecular weight excluding hydrogens is 654 g/mol. The molecule has 264 valence electrons. The number of piperazine rings is 1. The van der Waals surface area contributed by atoms with Gasteiger partial charge in [0.2, 0.25) is 0 Å². The fourth-order valence-electron chi connectivity index (χ4n) is 7.08. The van der Waals surface area contributed by atoms with Crippen LogP contribution in [0.3, 0.4) is 0 Å². The summed E-state index contributed by atoms with van der Waals surface area (Å²) in [7, 11) is 1.83. The lowest BCUT2D eigenvalue weighted by Gasteiger charge is -2.42. The average Bonchev–Trinajstić information content (AvgIpc) is 3.53. The maximum Gasteiger partial charge on any atom is 0.410 e. The van der Waals surface area contributed by atoms with E-state index in [0.717, 1.165) is 73.7 Å². The van der Waals surface area contributed by atoms with Crippen molar-refractivity contribution in [3.05, 3.63) is 88.7 Å². The molecule has 1 aliphatic carbocycles. The number of amides is 1. The van der Waals surface area contributed by atoms with E-state index in [4.69, 9.17) is 21.1 Å². The topological polar surface area (TPSA) is 111 Å². The highest BCUT2D eigenvalue weighted by molar-refractivity contribution is 6.30. The number of nitrogens with zero attached hydrogens (tertiary/aromatic N) is 4. The van der Waals surface area contributed by atoms with Gasteiger partial charge in [-0.15, -0.1) is 0 Å². The van der Waals surface area contributed by atoms with Crippen LogP contribution in [0.4, 0.5) is 10.5 Å². The van der Waals surface area contributed by atoms with Crippen molar-refractivity contribution in [1.29, 1.82) is 0 Å². The molecule has 0 spiro atoms. The molecule has 0 bridgehead atoms. The quantitative estimate of drug-likeness (QED) is 0.179. The molecule has 0 radical (unpaired) electrons. The Morgan fingerprint density at radius 2 is 1.80 bits per heavy atom.